The van der Waals surface area contributed by atoms with Gasteiger partial charge in [-0.25, -0.2) is 19.8 Å². The van der Waals surface area contributed by atoms with Crippen LogP contribution in [0.2, 0.25) is 5.15 Å². The van der Waals surface area contributed by atoms with Crippen molar-refractivity contribution < 1.29 is 23.9 Å². The number of methoxy groups -OCH3 is 2. The van der Waals surface area contributed by atoms with E-state index in [1.54, 1.807) is 19.1 Å². The van der Waals surface area contributed by atoms with Crippen LogP contribution in [-0.2, 0) is 9.57 Å². The maximum Gasteiger partial charge on any atom is 0.323 e. The molecule has 1 atom stereocenters. The highest BCUT2D eigenvalue weighted by Gasteiger charge is 2.19. The van der Waals surface area contributed by atoms with Crippen LogP contribution in [0.15, 0.2) is 43.1 Å². The van der Waals surface area contributed by atoms with E-state index in [9.17, 15) is 9.59 Å². The first-order valence-electron chi connectivity index (χ1n) is 9.74. The van der Waals surface area contributed by atoms with Crippen LogP contribution in [0.1, 0.15) is 29.1 Å². The fourth-order valence-corrected chi connectivity index (χ4v) is 3.16. The first-order valence-corrected chi connectivity index (χ1v) is 10.1. The molecule has 0 fully saturated rings. The molecule has 2 heterocycles. The van der Waals surface area contributed by atoms with Gasteiger partial charge in [-0.2, -0.15) is 5.10 Å². The van der Waals surface area contributed by atoms with Crippen LogP contribution < -0.4 is 20.9 Å². The molecule has 3 amide bonds. The molecular formula is C21H23ClN6O5. The standard InChI is InChI=1S/C21H23ClN6O5/c1-5-8-33-27-20(29)14-7-6-13(9-16(14)32-4)24-21(30)25-15-11-23-18-10-17(22)26-28(18)19(15)12(2)31-3/h5-7,9-12H,1,8H2,2-4H3,(H,27,29)(H2,24,25,30)/t12-/m0/s1. The van der Waals surface area contributed by atoms with Gasteiger partial charge in [-0.3, -0.25) is 9.63 Å². The number of nitrogens with one attached hydrogen (secondary N) is 3. The van der Waals surface area contributed by atoms with Crippen LogP contribution in [0.3, 0.4) is 0 Å². The van der Waals surface area contributed by atoms with Crippen molar-refractivity contribution in [1.29, 1.82) is 0 Å². The monoisotopic (exact) mass is 474 g/mol. The molecule has 0 spiro atoms. The summed E-state index contributed by atoms with van der Waals surface area (Å²) in [6, 6.07) is 5.61. The first-order chi connectivity index (χ1) is 15.9. The molecule has 0 aliphatic heterocycles. The molecule has 3 rings (SSSR count). The Morgan fingerprint density at radius 2 is 2.06 bits per heavy atom. The van der Waals surface area contributed by atoms with Crippen molar-refractivity contribution >= 4 is 40.6 Å². The van der Waals surface area contributed by atoms with Crippen LogP contribution in [0.5, 0.6) is 5.75 Å². The largest absolute Gasteiger partial charge is 0.496 e. The summed E-state index contributed by atoms with van der Waals surface area (Å²) in [5.41, 5.74) is 4.37. The SMILES string of the molecule is C=CCONC(=O)c1ccc(NC(=O)Nc2cnc3cc(Cl)nn3c2[C@H](C)OC)cc1OC. The van der Waals surface area contributed by atoms with E-state index in [0.717, 1.165) is 0 Å². The van der Waals surface area contributed by atoms with E-state index in [1.165, 1.54) is 43.1 Å². The summed E-state index contributed by atoms with van der Waals surface area (Å²) in [6.07, 6.45) is 2.58. The van der Waals surface area contributed by atoms with Gasteiger partial charge in [-0.1, -0.05) is 17.7 Å². The maximum atomic E-state index is 12.7. The Hall–Kier alpha value is -3.67. The van der Waals surface area contributed by atoms with Gasteiger partial charge in [0.25, 0.3) is 5.91 Å². The molecule has 0 saturated carbocycles. The second-order valence-electron chi connectivity index (χ2n) is 6.70. The van der Waals surface area contributed by atoms with E-state index >= 15 is 0 Å². The van der Waals surface area contributed by atoms with Gasteiger partial charge in [-0.05, 0) is 19.1 Å². The Bertz CT molecular complexity index is 1180. The number of benzene rings is 1. The molecule has 3 N–H and O–H groups in total. The second-order valence-corrected chi connectivity index (χ2v) is 7.08. The Kier molecular flexibility index (Phi) is 7.83. The van der Waals surface area contributed by atoms with E-state index in [-0.39, 0.29) is 23.1 Å². The summed E-state index contributed by atoms with van der Waals surface area (Å²) in [5.74, 6) is -0.254. The summed E-state index contributed by atoms with van der Waals surface area (Å²) < 4.78 is 12.2. The number of hydrogen-bond acceptors (Lipinski definition) is 7. The highest BCUT2D eigenvalue weighted by molar-refractivity contribution is 6.29. The number of carbonyl (C=O) groups is 2. The Morgan fingerprint density at radius 1 is 1.27 bits per heavy atom. The lowest BCUT2D eigenvalue weighted by Crippen LogP contribution is -2.25. The second kappa shape index (κ2) is 10.8. The van der Waals surface area contributed by atoms with Gasteiger partial charge >= 0.3 is 6.03 Å². The zero-order valence-electron chi connectivity index (χ0n) is 18.2. The van der Waals surface area contributed by atoms with Crippen molar-refractivity contribution in [3.05, 3.63) is 59.5 Å². The third-order valence-electron chi connectivity index (χ3n) is 4.55. The highest BCUT2D eigenvalue weighted by Crippen LogP contribution is 2.27. The zero-order chi connectivity index (χ0) is 24.0. The molecule has 12 heteroatoms. The van der Waals surface area contributed by atoms with E-state index in [1.807, 2.05) is 0 Å². The number of urea groups is 1. The fourth-order valence-electron chi connectivity index (χ4n) is 2.98. The normalized spacial score (nSPS) is 11.6. The number of halogens is 1. The Labute approximate surface area is 194 Å². The summed E-state index contributed by atoms with van der Waals surface area (Å²) in [5, 5.41) is 9.90. The molecule has 2 aromatic heterocycles. The topological polar surface area (TPSA) is 128 Å². The molecular weight excluding hydrogens is 452 g/mol. The molecule has 0 bridgehead atoms. The summed E-state index contributed by atoms with van der Waals surface area (Å²) in [7, 11) is 2.95. The minimum Gasteiger partial charge on any atom is -0.496 e. The molecule has 33 heavy (non-hydrogen) atoms. The third-order valence-corrected chi connectivity index (χ3v) is 4.73. The summed E-state index contributed by atoms with van der Waals surface area (Å²) >= 11 is 6.00. The molecule has 0 aliphatic carbocycles. The maximum absolute atomic E-state index is 12.7. The minimum absolute atomic E-state index is 0.156. The molecule has 11 nitrogen and oxygen atoms in total. The van der Waals surface area contributed by atoms with Crippen LogP contribution >= 0.6 is 11.6 Å². The van der Waals surface area contributed by atoms with Gasteiger partial charge in [0.2, 0.25) is 0 Å². The number of hydroxylamine groups is 1. The number of ether oxygens (including phenoxy) is 2. The number of nitrogens with zero attached hydrogens (tertiary/aromatic N) is 3. The van der Waals surface area contributed by atoms with E-state index in [0.29, 0.717) is 22.7 Å². The van der Waals surface area contributed by atoms with Gasteiger partial charge in [0.05, 0.1) is 43.0 Å². The number of carbonyl (C=O) groups excluding carboxylic acids is 2. The third kappa shape index (κ3) is 5.58. The van der Waals surface area contributed by atoms with Crippen LogP contribution in [0.25, 0.3) is 5.65 Å². The van der Waals surface area contributed by atoms with Crippen LogP contribution in [-0.4, -0.2) is 47.4 Å². The molecule has 174 valence electrons. The first kappa shape index (κ1) is 24.0. The predicted octanol–water partition coefficient (Wildman–Crippen LogP) is 3.59. The van der Waals surface area contributed by atoms with Gasteiger partial charge in [-0.15, -0.1) is 6.58 Å². The summed E-state index contributed by atoms with van der Waals surface area (Å²) in [6.45, 7) is 5.46. The Balaban J connectivity index is 1.79. The van der Waals surface area contributed by atoms with Crippen LogP contribution in [0, 0.1) is 0 Å². The van der Waals surface area contributed by atoms with Gasteiger partial charge < -0.3 is 20.1 Å². The smallest absolute Gasteiger partial charge is 0.323 e. The van der Waals surface area contributed by atoms with Crippen molar-refractivity contribution in [2.45, 2.75) is 13.0 Å². The van der Waals surface area contributed by atoms with Gasteiger partial charge in [0.1, 0.15) is 5.75 Å². The van der Waals surface area contributed by atoms with Crippen molar-refractivity contribution in [2.24, 2.45) is 0 Å². The Morgan fingerprint density at radius 3 is 2.76 bits per heavy atom. The molecule has 1 aromatic carbocycles. The van der Waals surface area contributed by atoms with Gasteiger partial charge in [0.15, 0.2) is 10.8 Å². The lowest BCUT2D eigenvalue weighted by Gasteiger charge is -2.17. The van der Waals surface area contributed by atoms with Crippen LogP contribution in [0.4, 0.5) is 16.2 Å². The quantitative estimate of drug-likeness (QED) is 0.245. The van der Waals surface area contributed by atoms with Crippen molar-refractivity contribution in [3.8, 4) is 5.75 Å². The van der Waals surface area contributed by atoms with Crippen molar-refractivity contribution in [2.75, 3.05) is 31.5 Å². The lowest BCUT2D eigenvalue weighted by molar-refractivity contribution is 0.0419. The fraction of sp³-hybridized carbons (Fsp3) is 0.238. The molecule has 0 radical (unpaired) electrons. The van der Waals surface area contributed by atoms with E-state index in [4.69, 9.17) is 25.9 Å². The lowest BCUT2D eigenvalue weighted by atomic mass is 10.1. The average molecular weight is 475 g/mol. The molecule has 0 unspecified atom stereocenters. The number of amides is 3. The van der Waals surface area contributed by atoms with Gasteiger partial charge in [0, 0.05) is 24.9 Å². The summed E-state index contributed by atoms with van der Waals surface area (Å²) in [4.78, 5) is 34.1. The number of aromatic nitrogens is 3. The number of hydrogen-bond donors (Lipinski definition) is 3. The zero-order valence-corrected chi connectivity index (χ0v) is 19.0. The van der Waals surface area contributed by atoms with E-state index in [2.05, 4.69) is 32.8 Å². The molecule has 3 aromatic rings. The molecule has 0 aliphatic rings. The minimum atomic E-state index is -0.549. The average Bonchev–Trinajstić information content (AvgIpc) is 3.18. The molecule has 0 saturated heterocycles. The van der Waals surface area contributed by atoms with E-state index < -0.39 is 18.0 Å². The highest BCUT2D eigenvalue weighted by atomic mass is 35.5. The van der Waals surface area contributed by atoms with Crippen molar-refractivity contribution in [3.63, 3.8) is 0 Å². The van der Waals surface area contributed by atoms with Crippen molar-refractivity contribution in [1.82, 2.24) is 20.1 Å². The number of rotatable bonds is 9. The predicted molar refractivity (Wildman–Crippen MR) is 123 cm³/mol. The number of anilines is 2. The number of fused-ring (bicyclic) bond motifs is 1.